The van der Waals surface area contributed by atoms with E-state index in [9.17, 15) is 14.0 Å². The van der Waals surface area contributed by atoms with Crippen molar-refractivity contribution in [1.29, 1.82) is 0 Å². The van der Waals surface area contributed by atoms with Gasteiger partial charge in [0.15, 0.2) is 0 Å². The summed E-state index contributed by atoms with van der Waals surface area (Å²) >= 11 is 0. The third-order valence-electron chi connectivity index (χ3n) is 7.04. The summed E-state index contributed by atoms with van der Waals surface area (Å²) in [4.78, 5) is 27.7. The van der Waals surface area contributed by atoms with E-state index in [2.05, 4.69) is 15.6 Å². The second-order valence-electron chi connectivity index (χ2n) is 9.46. The van der Waals surface area contributed by atoms with Crippen molar-refractivity contribution >= 4 is 11.8 Å². The highest BCUT2D eigenvalue weighted by molar-refractivity contribution is 5.98. The van der Waals surface area contributed by atoms with E-state index < -0.39 is 5.54 Å². The van der Waals surface area contributed by atoms with Crippen LogP contribution in [0.4, 0.5) is 4.39 Å². The van der Waals surface area contributed by atoms with Gasteiger partial charge in [0.1, 0.15) is 11.5 Å². The average molecular weight is 492 g/mol. The molecule has 2 aliphatic rings. The van der Waals surface area contributed by atoms with Crippen molar-refractivity contribution in [3.05, 3.63) is 77.4 Å². The minimum atomic E-state index is -0.618. The number of halogens is 1. The fourth-order valence-electron chi connectivity index (χ4n) is 5.15. The van der Waals surface area contributed by atoms with Crippen LogP contribution in [0.5, 0.6) is 0 Å². The van der Waals surface area contributed by atoms with E-state index in [-0.39, 0.29) is 17.6 Å². The zero-order valence-electron chi connectivity index (χ0n) is 20.2. The zero-order valence-corrected chi connectivity index (χ0v) is 20.2. The molecule has 5 rings (SSSR count). The normalized spacial score (nSPS) is 18.0. The number of hydrogen-bond acceptors (Lipinski definition) is 5. The van der Waals surface area contributed by atoms with Crippen molar-refractivity contribution in [2.45, 2.75) is 50.6 Å². The van der Waals surface area contributed by atoms with Crippen LogP contribution in [0.3, 0.4) is 0 Å². The van der Waals surface area contributed by atoms with Crippen LogP contribution in [-0.2, 0) is 21.6 Å². The SMILES string of the molecule is O=C(NC1(c2cccc(F)c2)CCCCC1)c1ccccc1-n1cc(CN2CCOCCC2=O)nn1. The lowest BCUT2D eigenvalue weighted by atomic mass is 9.76. The molecular formula is C27H30FN5O3. The molecular weight excluding hydrogens is 461 g/mol. The Bertz CT molecular complexity index is 1240. The second kappa shape index (κ2) is 10.6. The number of nitrogens with one attached hydrogen (secondary N) is 1. The monoisotopic (exact) mass is 491 g/mol. The van der Waals surface area contributed by atoms with Crippen LogP contribution in [0.15, 0.2) is 54.7 Å². The molecule has 1 N–H and O–H groups in total. The molecule has 36 heavy (non-hydrogen) atoms. The van der Waals surface area contributed by atoms with Crippen LogP contribution in [0.25, 0.3) is 5.69 Å². The Morgan fingerprint density at radius 3 is 2.75 bits per heavy atom. The first kappa shape index (κ1) is 24.1. The van der Waals surface area contributed by atoms with Crippen LogP contribution >= 0.6 is 0 Å². The van der Waals surface area contributed by atoms with Gasteiger partial charge in [-0.15, -0.1) is 5.10 Å². The van der Waals surface area contributed by atoms with Gasteiger partial charge in [-0.2, -0.15) is 0 Å². The first-order valence-corrected chi connectivity index (χ1v) is 12.5. The first-order chi connectivity index (χ1) is 17.5. The Balaban J connectivity index is 1.39. The standard InChI is InChI=1S/C27H30FN5O3/c28-21-8-6-7-20(17-21)27(12-4-1-5-13-27)29-26(35)23-9-2-3-10-24(23)33-19-22(30-31-33)18-32-14-16-36-15-11-25(32)34/h2-3,6-10,17,19H,1,4-5,11-16,18H2,(H,29,35). The van der Waals surface area contributed by atoms with Crippen LogP contribution in [0.2, 0.25) is 0 Å². The maximum absolute atomic E-state index is 14.1. The Morgan fingerprint density at radius 2 is 1.92 bits per heavy atom. The number of rotatable bonds is 6. The lowest BCUT2D eigenvalue weighted by Crippen LogP contribution is -2.47. The number of amides is 2. The van der Waals surface area contributed by atoms with Gasteiger partial charge in [-0.1, -0.05) is 48.7 Å². The van der Waals surface area contributed by atoms with Crippen molar-refractivity contribution in [3.8, 4) is 5.69 Å². The first-order valence-electron chi connectivity index (χ1n) is 12.5. The average Bonchev–Trinajstić information content (AvgIpc) is 3.27. The van der Waals surface area contributed by atoms with Crippen molar-refractivity contribution in [2.75, 3.05) is 19.8 Å². The van der Waals surface area contributed by atoms with E-state index in [1.54, 1.807) is 27.9 Å². The summed E-state index contributed by atoms with van der Waals surface area (Å²) in [7, 11) is 0. The van der Waals surface area contributed by atoms with E-state index in [0.717, 1.165) is 37.7 Å². The molecule has 9 heteroatoms. The van der Waals surface area contributed by atoms with Crippen LogP contribution < -0.4 is 5.32 Å². The number of para-hydroxylation sites is 1. The van der Waals surface area contributed by atoms with E-state index in [0.29, 0.717) is 49.7 Å². The fourth-order valence-corrected chi connectivity index (χ4v) is 5.15. The van der Waals surface area contributed by atoms with Gasteiger partial charge < -0.3 is 15.0 Å². The lowest BCUT2D eigenvalue weighted by Gasteiger charge is -2.39. The number of aromatic nitrogens is 3. The van der Waals surface area contributed by atoms with Gasteiger partial charge in [-0.05, 0) is 42.7 Å². The highest BCUT2D eigenvalue weighted by Crippen LogP contribution is 2.38. The molecule has 2 fully saturated rings. The molecule has 0 spiro atoms. The maximum atomic E-state index is 14.1. The van der Waals surface area contributed by atoms with Crippen molar-refractivity contribution in [3.63, 3.8) is 0 Å². The molecule has 1 aliphatic heterocycles. The molecule has 0 unspecified atom stereocenters. The molecule has 8 nitrogen and oxygen atoms in total. The maximum Gasteiger partial charge on any atom is 0.254 e. The van der Waals surface area contributed by atoms with Gasteiger partial charge in [0.05, 0.1) is 49.2 Å². The Morgan fingerprint density at radius 1 is 1.08 bits per heavy atom. The summed E-state index contributed by atoms with van der Waals surface area (Å²) in [6, 6.07) is 13.7. The van der Waals surface area contributed by atoms with Crippen molar-refractivity contribution in [2.24, 2.45) is 0 Å². The molecule has 2 heterocycles. The molecule has 0 atom stereocenters. The number of ether oxygens (including phenoxy) is 1. The number of nitrogens with zero attached hydrogens (tertiary/aromatic N) is 4. The number of carbonyl (C=O) groups is 2. The molecule has 1 saturated heterocycles. The molecule has 2 aromatic carbocycles. The van der Waals surface area contributed by atoms with Crippen molar-refractivity contribution in [1.82, 2.24) is 25.2 Å². The van der Waals surface area contributed by atoms with Crippen LogP contribution in [-0.4, -0.2) is 51.5 Å². The van der Waals surface area contributed by atoms with E-state index in [1.807, 2.05) is 24.3 Å². The fraction of sp³-hybridized carbons (Fsp3) is 0.407. The number of carbonyl (C=O) groups excluding carboxylic acids is 2. The molecule has 0 bridgehead atoms. The third kappa shape index (κ3) is 5.16. The van der Waals surface area contributed by atoms with Gasteiger partial charge in [-0.25, -0.2) is 9.07 Å². The van der Waals surface area contributed by atoms with Gasteiger partial charge in [0.25, 0.3) is 5.91 Å². The molecule has 1 aliphatic carbocycles. The molecule has 188 valence electrons. The van der Waals surface area contributed by atoms with Crippen LogP contribution in [0.1, 0.15) is 60.1 Å². The summed E-state index contributed by atoms with van der Waals surface area (Å²) in [5.41, 5.74) is 1.85. The molecule has 1 saturated carbocycles. The smallest absolute Gasteiger partial charge is 0.254 e. The van der Waals surface area contributed by atoms with E-state index in [1.165, 1.54) is 12.1 Å². The van der Waals surface area contributed by atoms with Gasteiger partial charge in [0.2, 0.25) is 5.91 Å². The molecule has 2 amide bonds. The minimum Gasteiger partial charge on any atom is -0.379 e. The molecule has 1 aromatic heterocycles. The Kier molecular flexibility index (Phi) is 7.09. The van der Waals surface area contributed by atoms with Gasteiger partial charge >= 0.3 is 0 Å². The number of benzene rings is 2. The predicted molar refractivity (Wildman–Crippen MR) is 131 cm³/mol. The summed E-state index contributed by atoms with van der Waals surface area (Å²) in [6.45, 7) is 1.77. The van der Waals surface area contributed by atoms with E-state index >= 15 is 0 Å². The largest absolute Gasteiger partial charge is 0.379 e. The quantitative estimate of drug-likeness (QED) is 0.567. The highest BCUT2D eigenvalue weighted by Gasteiger charge is 2.36. The van der Waals surface area contributed by atoms with Gasteiger partial charge in [0, 0.05) is 6.54 Å². The minimum absolute atomic E-state index is 0.0250. The Labute approximate surface area is 209 Å². The summed E-state index contributed by atoms with van der Waals surface area (Å²) in [5, 5.41) is 11.7. The summed E-state index contributed by atoms with van der Waals surface area (Å²) in [5.74, 6) is -0.526. The van der Waals surface area contributed by atoms with Crippen molar-refractivity contribution < 1.29 is 18.7 Å². The Hall–Kier alpha value is -3.59. The number of hydrogen-bond donors (Lipinski definition) is 1. The molecule has 3 aromatic rings. The van der Waals surface area contributed by atoms with E-state index in [4.69, 9.17) is 4.74 Å². The zero-order chi connectivity index (χ0) is 25.0. The summed E-state index contributed by atoms with van der Waals surface area (Å²) in [6.07, 6.45) is 6.63. The van der Waals surface area contributed by atoms with Crippen LogP contribution in [0, 0.1) is 5.82 Å². The molecule has 0 radical (unpaired) electrons. The third-order valence-corrected chi connectivity index (χ3v) is 7.04. The van der Waals surface area contributed by atoms with Gasteiger partial charge in [-0.3, -0.25) is 9.59 Å². The predicted octanol–water partition coefficient (Wildman–Crippen LogP) is 3.74. The topological polar surface area (TPSA) is 89.4 Å². The highest BCUT2D eigenvalue weighted by atomic mass is 19.1. The lowest BCUT2D eigenvalue weighted by molar-refractivity contribution is -0.131. The summed E-state index contributed by atoms with van der Waals surface area (Å²) < 4.78 is 21.1. The second-order valence-corrected chi connectivity index (χ2v) is 9.46.